The van der Waals surface area contributed by atoms with E-state index in [1.54, 1.807) is 38.3 Å². The summed E-state index contributed by atoms with van der Waals surface area (Å²) < 4.78 is 5.08. The standard InChI is InChI=1S/C20H20N4O3S/c1-13-18(28-20(22-13)14-6-4-3-5-7-14)19(26)24-23-17(25)12-21-15-8-10-16(27-2)11-9-15/h3-11,21H,12H2,1-2H3,(H,23,25)(H,24,26). The molecule has 0 aliphatic heterocycles. The van der Waals surface area contributed by atoms with Crippen molar-refractivity contribution in [3.05, 3.63) is 65.2 Å². The number of thiazole rings is 1. The minimum atomic E-state index is -0.394. The third-order valence-corrected chi connectivity index (χ3v) is 5.09. The molecule has 1 aromatic heterocycles. The molecule has 0 saturated heterocycles. The largest absolute Gasteiger partial charge is 0.497 e. The first-order valence-corrected chi connectivity index (χ1v) is 9.38. The fourth-order valence-electron chi connectivity index (χ4n) is 2.43. The van der Waals surface area contributed by atoms with Gasteiger partial charge in [-0.1, -0.05) is 30.3 Å². The molecule has 0 unspecified atom stereocenters. The summed E-state index contributed by atoms with van der Waals surface area (Å²) in [5.74, 6) is -0.0262. The van der Waals surface area contributed by atoms with E-state index in [0.29, 0.717) is 10.6 Å². The molecule has 144 valence electrons. The lowest BCUT2D eigenvalue weighted by molar-refractivity contribution is -0.120. The number of ether oxygens (including phenoxy) is 1. The van der Waals surface area contributed by atoms with Gasteiger partial charge in [-0.3, -0.25) is 20.4 Å². The number of benzene rings is 2. The molecule has 8 heteroatoms. The number of carbonyl (C=O) groups excluding carboxylic acids is 2. The molecule has 1 heterocycles. The molecule has 0 aliphatic carbocycles. The normalized spacial score (nSPS) is 10.2. The van der Waals surface area contributed by atoms with Crippen LogP contribution >= 0.6 is 11.3 Å². The Morgan fingerprint density at radius 2 is 1.75 bits per heavy atom. The zero-order valence-corrected chi connectivity index (χ0v) is 16.3. The summed E-state index contributed by atoms with van der Waals surface area (Å²) in [5, 5.41) is 3.73. The zero-order valence-electron chi connectivity index (χ0n) is 15.5. The Kier molecular flexibility index (Phi) is 6.23. The van der Waals surface area contributed by atoms with Gasteiger partial charge in [0.2, 0.25) is 0 Å². The van der Waals surface area contributed by atoms with Crippen LogP contribution < -0.4 is 20.9 Å². The number of hydrogen-bond acceptors (Lipinski definition) is 6. The second kappa shape index (κ2) is 9.01. The number of hydrazine groups is 1. The van der Waals surface area contributed by atoms with Crippen molar-refractivity contribution in [2.75, 3.05) is 19.0 Å². The lowest BCUT2D eigenvalue weighted by Gasteiger charge is -2.09. The predicted octanol–water partition coefficient (Wildman–Crippen LogP) is 3.00. The van der Waals surface area contributed by atoms with Crippen molar-refractivity contribution in [1.29, 1.82) is 0 Å². The van der Waals surface area contributed by atoms with Crippen LogP contribution in [0.15, 0.2) is 54.6 Å². The molecule has 7 nitrogen and oxygen atoms in total. The fraction of sp³-hybridized carbons (Fsp3) is 0.150. The highest BCUT2D eigenvalue weighted by atomic mass is 32.1. The van der Waals surface area contributed by atoms with Crippen LogP contribution in [-0.2, 0) is 4.79 Å². The summed E-state index contributed by atoms with van der Waals surface area (Å²) >= 11 is 1.28. The van der Waals surface area contributed by atoms with E-state index < -0.39 is 5.91 Å². The van der Waals surface area contributed by atoms with Gasteiger partial charge in [-0.05, 0) is 31.2 Å². The Labute approximate surface area is 166 Å². The molecule has 3 N–H and O–H groups in total. The van der Waals surface area contributed by atoms with Gasteiger partial charge in [0.25, 0.3) is 11.8 Å². The summed E-state index contributed by atoms with van der Waals surface area (Å²) in [5.41, 5.74) is 7.17. The van der Waals surface area contributed by atoms with Crippen LogP contribution in [-0.4, -0.2) is 30.5 Å². The first-order chi connectivity index (χ1) is 13.6. The van der Waals surface area contributed by atoms with Gasteiger partial charge in [-0.15, -0.1) is 11.3 Å². The number of nitrogens with zero attached hydrogens (tertiary/aromatic N) is 1. The molecule has 28 heavy (non-hydrogen) atoms. The molecule has 0 saturated carbocycles. The third kappa shape index (κ3) is 4.86. The van der Waals surface area contributed by atoms with Gasteiger partial charge in [0.1, 0.15) is 15.6 Å². The second-order valence-electron chi connectivity index (χ2n) is 5.88. The van der Waals surface area contributed by atoms with Crippen LogP contribution in [0.4, 0.5) is 5.69 Å². The Balaban J connectivity index is 1.52. The molecule has 0 atom stereocenters. The molecule has 2 amide bonds. The van der Waals surface area contributed by atoms with Crippen LogP contribution in [0.3, 0.4) is 0 Å². The minimum Gasteiger partial charge on any atom is -0.497 e. The number of nitrogens with one attached hydrogen (secondary N) is 3. The molecule has 3 rings (SSSR count). The molecular formula is C20H20N4O3S. The van der Waals surface area contributed by atoms with Crippen LogP contribution in [0.2, 0.25) is 0 Å². The Hall–Kier alpha value is -3.39. The summed E-state index contributed by atoms with van der Waals surface area (Å²) in [6.07, 6.45) is 0. The smallest absolute Gasteiger partial charge is 0.281 e. The van der Waals surface area contributed by atoms with Crippen molar-refractivity contribution in [3.8, 4) is 16.3 Å². The molecule has 0 fully saturated rings. The Bertz CT molecular complexity index is 955. The van der Waals surface area contributed by atoms with Crippen LogP contribution in [0, 0.1) is 6.92 Å². The van der Waals surface area contributed by atoms with Crippen molar-refractivity contribution in [2.24, 2.45) is 0 Å². The first kappa shape index (κ1) is 19.4. The van der Waals surface area contributed by atoms with Gasteiger partial charge in [0.15, 0.2) is 0 Å². The molecule has 2 aromatic carbocycles. The maximum absolute atomic E-state index is 12.4. The topological polar surface area (TPSA) is 92.4 Å². The number of carbonyl (C=O) groups is 2. The number of aryl methyl sites for hydroxylation is 1. The summed E-state index contributed by atoms with van der Waals surface area (Å²) in [7, 11) is 1.59. The lowest BCUT2D eigenvalue weighted by Crippen LogP contribution is -2.44. The SMILES string of the molecule is COc1ccc(NCC(=O)NNC(=O)c2sc(-c3ccccc3)nc2C)cc1. The number of methoxy groups -OCH3 is 1. The maximum Gasteiger partial charge on any atom is 0.281 e. The van der Waals surface area contributed by atoms with Gasteiger partial charge in [0, 0.05) is 11.3 Å². The third-order valence-electron chi connectivity index (χ3n) is 3.88. The van der Waals surface area contributed by atoms with Gasteiger partial charge < -0.3 is 10.1 Å². The summed E-state index contributed by atoms with van der Waals surface area (Å²) in [6, 6.07) is 16.8. The van der Waals surface area contributed by atoms with Crippen LogP contribution in [0.25, 0.3) is 10.6 Å². The average molecular weight is 396 g/mol. The highest BCUT2D eigenvalue weighted by molar-refractivity contribution is 7.17. The van der Waals surface area contributed by atoms with Gasteiger partial charge in [-0.25, -0.2) is 4.98 Å². The van der Waals surface area contributed by atoms with E-state index in [-0.39, 0.29) is 12.5 Å². The number of amides is 2. The average Bonchev–Trinajstić information content (AvgIpc) is 3.13. The molecule has 0 spiro atoms. The van der Waals surface area contributed by atoms with E-state index in [9.17, 15) is 9.59 Å². The van der Waals surface area contributed by atoms with Crippen molar-refractivity contribution in [1.82, 2.24) is 15.8 Å². The lowest BCUT2D eigenvalue weighted by atomic mass is 10.2. The number of hydrogen-bond donors (Lipinski definition) is 3. The fourth-order valence-corrected chi connectivity index (χ4v) is 3.40. The van der Waals surface area contributed by atoms with E-state index in [4.69, 9.17) is 4.74 Å². The minimum absolute atomic E-state index is 0.0174. The molecule has 0 aliphatic rings. The molecule has 3 aromatic rings. The zero-order chi connectivity index (χ0) is 19.9. The van der Waals surface area contributed by atoms with Gasteiger partial charge in [-0.2, -0.15) is 0 Å². The van der Waals surface area contributed by atoms with E-state index in [0.717, 1.165) is 22.0 Å². The summed E-state index contributed by atoms with van der Waals surface area (Å²) in [6.45, 7) is 1.79. The van der Waals surface area contributed by atoms with Gasteiger partial charge in [0.05, 0.1) is 19.3 Å². The highest BCUT2D eigenvalue weighted by Gasteiger charge is 2.16. The molecule has 0 bridgehead atoms. The van der Waals surface area contributed by atoms with Gasteiger partial charge >= 0.3 is 0 Å². The van der Waals surface area contributed by atoms with Crippen molar-refractivity contribution < 1.29 is 14.3 Å². The van der Waals surface area contributed by atoms with E-state index in [1.807, 2.05) is 30.3 Å². The second-order valence-corrected chi connectivity index (χ2v) is 6.88. The molecule has 0 radical (unpaired) electrons. The molecular weight excluding hydrogens is 376 g/mol. The van der Waals surface area contributed by atoms with Crippen LogP contribution in [0.1, 0.15) is 15.4 Å². The first-order valence-electron chi connectivity index (χ1n) is 8.57. The van der Waals surface area contributed by atoms with E-state index in [2.05, 4.69) is 21.2 Å². The van der Waals surface area contributed by atoms with Crippen LogP contribution in [0.5, 0.6) is 5.75 Å². The van der Waals surface area contributed by atoms with Crippen molar-refractivity contribution in [3.63, 3.8) is 0 Å². The Morgan fingerprint density at radius 1 is 1.04 bits per heavy atom. The predicted molar refractivity (Wildman–Crippen MR) is 109 cm³/mol. The quantitative estimate of drug-likeness (QED) is 0.557. The van der Waals surface area contributed by atoms with E-state index >= 15 is 0 Å². The van der Waals surface area contributed by atoms with E-state index in [1.165, 1.54) is 11.3 Å². The van der Waals surface area contributed by atoms with Crippen molar-refractivity contribution in [2.45, 2.75) is 6.92 Å². The number of anilines is 1. The summed E-state index contributed by atoms with van der Waals surface area (Å²) in [4.78, 5) is 29.2. The Morgan fingerprint density at radius 3 is 2.43 bits per heavy atom. The highest BCUT2D eigenvalue weighted by Crippen LogP contribution is 2.27. The number of rotatable bonds is 6. The van der Waals surface area contributed by atoms with Crippen molar-refractivity contribution >= 4 is 28.8 Å². The monoisotopic (exact) mass is 396 g/mol. The maximum atomic E-state index is 12.4. The number of aromatic nitrogens is 1.